The quantitative estimate of drug-likeness (QED) is 0.133. The van der Waals surface area contributed by atoms with Gasteiger partial charge in [-0.2, -0.15) is 0 Å². The van der Waals surface area contributed by atoms with Gasteiger partial charge in [0.1, 0.15) is 6.04 Å². The minimum Gasteiger partial charge on any atom is -0.465 e. The molecule has 1 aliphatic rings. The lowest BCUT2D eigenvalue weighted by Gasteiger charge is -2.33. The maximum Gasteiger partial charge on any atom is 0.407 e. The highest BCUT2D eigenvalue weighted by Gasteiger charge is 2.33. The van der Waals surface area contributed by atoms with E-state index >= 15 is 0 Å². The Morgan fingerprint density at radius 3 is 1.85 bits per heavy atom. The standard InChI is InChI=1S/C40H43Cl4N3O5/c1-40(2,3)47(39(51)52)18-10-5-4-9-13-36(48)45-35(23-26-11-7-6-8-12-26)38(50)46-24-29(19-27-14-16-31(41)33(43)21-27)37(49)30(25-46)20-28-15-17-32(42)34(44)22-28/h6-8,11-12,14-17,19-22,35H,4-5,9-10,13,18,23-25H2,1-3H3,(H,45,48)(H,51,52). The van der Waals surface area contributed by atoms with Crippen LogP contribution in [-0.4, -0.2) is 69.8 Å². The number of carbonyl (C=O) groups excluding carboxylic acids is 3. The summed E-state index contributed by atoms with van der Waals surface area (Å²) >= 11 is 24.8. The number of carbonyl (C=O) groups is 4. The highest BCUT2D eigenvalue weighted by atomic mass is 35.5. The zero-order valence-electron chi connectivity index (χ0n) is 29.4. The molecule has 0 saturated carbocycles. The first kappa shape index (κ1) is 40.9. The smallest absolute Gasteiger partial charge is 0.407 e. The number of Topliss-reactive ketones (excluding diaryl/α,β-unsaturated/α-hetero) is 1. The van der Waals surface area contributed by atoms with E-state index in [1.165, 1.54) is 4.90 Å². The fraction of sp³-hybridized carbons (Fsp3) is 0.350. The molecule has 52 heavy (non-hydrogen) atoms. The molecule has 0 aliphatic carbocycles. The fourth-order valence-corrected chi connectivity index (χ4v) is 6.58. The van der Waals surface area contributed by atoms with E-state index in [1.54, 1.807) is 53.5 Å². The lowest BCUT2D eigenvalue weighted by molar-refractivity contribution is -0.136. The largest absolute Gasteiger partial charge is 0.465 e. The number of nitrogens with zero attached hydrogens (tertiary/aromatic N) is 2. The Balaban J connectivity index is 1.53. The van der Waals surface area contributed by atoms with Crippen molar-refractivity contribution in [2.75, 3.05) is 19.6 Å². The summed E-state index contributed by atoms with van der Waals surface area (Å²) in [4.78, 5) is 56.1. The number of benzene rings is 3. The fourth-order valence-electron chi connectivity index (χ4n) is 5.97. The SMILES string of the molecule is CC(C)(C)N(CCCCCCC(=O)NC(Cc1ccccc1)C(=O)N1CC(=Cc2ccc(Cl)c(Cl)c2)C(=O)C(=Cc2ccc(Cl)c(Cl)c2)C1)C(=O)O. The molecule has 2 N–H and O–H groups in total. The third-order valence-electron chi connectivity index (χ3n) is 8.68. The molecule has 4 rings (SSSR count). The predicted molar refractivity (Wildman–Crippen MR) is 210 cm³/mol. The molecule has 1 aliphatic heterocycles. The van der Waals surface area contributed by atoms with Crippen LogP contribution in [0.1, 0.15) is 69.6 Å². The van der Waals surface area contributed by atoms with Gasteiger partial charge in [0, 0.05) is 49.2 Å². The number of likely N-dealkylation sites (tertiary alicyclic amines) is 1. The number of carboxylic acid groups (broad SMARTS) is 1. The lowest BCUT2D eigenvalue weighted by Crippen LogP contribution is -2.52. The minimum atomic E-state index is -0.951. The van der Waals surface area contributed by atoms with Gasteiger partial charge in [0.2, 0.25) is 11.8 Å². The van der Waals surface area contributed by atoms with Crippen LogP contribution < -0.4 is 5.32 Å². The zero-order chi connectivity index (χ0) is 38.0. The Morgan fingerprint density at radius 1 is 0.808 bits per heavy atom. The van der Waals surface area contributed by atoms with Crippen LogP contribution in [0.2, 0.25) is 20.1 Å². The van der Waals surface area contributed by atoms with Gasteiger partial charge in [0.15, 0.2) is 5.78 Å². The summed E-state index contributed by atoms with van der Waals surface area (Å²) in [5.74, 6) is -0.832. The molecule has 1 heterocycles. The van der Waals surface area contributed by atoms with Crippen LogP contribution in [-0.2, 0) is 20.8 Å². The molecule has 1 atom stereocenters. The second kappa shape index (κ2) is 18.8. The predicted octanol–water partition coefficient (Wildman–Crippen LogP) is 9.63. The molecule has 0 aromatic heterocycles. The van der Waals surface area contributed by atoms with Crippen molar-refractivity contribution in [2.24, 2.45) is 0 Å². The first-order chi connectivity index (χ1) is 24.6. The summed E-state index contributed by atoms with van der Waals surface area (Å²) in [5, 5.41) is 13.9. The van der Waals surface area contributed by atoms with Crippen LogP contribution >= 0.6 is 46.4 Å². The summed E-state index contributed by atoms with van der Waals surface area (Å²) < 4.78 is 0. The van der Waals surface area contributed by atoms with E-state index < -0.39 is 17.7 Å². The van der Waals surface area contributed by atoms with E-state index in [1.807, 2.05) is 51.1 Å². The highest BCUT2D eigenvalue weighted by molar-refractivity contribution is 6.42. The van der Waals surface area contributed by atoms with Gasteiger partial charge < -0.3 is 20.2 Å². The van der Waals surface area contributed by atoms with E-state index in [4.69, 9.17) is 46.4 Å². The van der Waals surface area contributed by atoms with Gasteiger partial charge in [-0.05, 0) is 86.7 Å². The maximum atomic E-state index is 14.4. The van der Waals surface area contributed by atoms with Crippen molar-refractivity contribution >= 4 is 82.2 Å². The summed E-state index contributed by atoms with van der Waals surface area (Å²) in [6.45, 7) is 6.03. The van der Waals surface area contributed by atoms with Gasteiger partial charge in [-0.15, -0.1) is 0 Å². The number of hydrogen-bond donors (Lipinski definition) is 2. The van der Waals surface area contributed by atoms with Crippen LogP contribution in [0.15, 0.2) is 77.9 Å². The van der Waals surface area contributed by atoms with Crippen molar-refractivity contribution < 1.29 is 24.3 Å². The number of ketones is 1. The Hall–Kier alpha value is -3.82. The Labute approximate surface area is 325 Å². The molecular weight excluding hydrogens is 744 g/mol. The van der Waals surface area contributed by atoms with Crippen LogP contribution in [0.3, 0.4) is 0 Å². The maximum absolute atomic E-state index is 14.4. The molecule has 0 spiro atoms. The molecule has 0 bridgehead atoms. The van der Waals surface area contributed by atoms with E-state index in [0.717, 1.165) is 18.4 Å². The van der Waals surface area contributed by atoms with Gasteiger partial charge in [-0.3, -0.25) is 14.4 Å². The molecule has 3 amide bonds. The van der Waals surface area contributed by atoms with Crippen LogP contribution in [0.4, 0.5) is 4.79 Å². The Morgan fingerprint density at radius 2 is 1.35 bits per heavy atom. The number of amides is 3. The first-order valence-electron chi connectivity index (χ1n) is 17.1. The van der Waals surface area contributed by atoms with Crippen molar-refractivity contribution in [1.29, 1.82) is 0 Å². The number of nitrogens with one attached hydrogen (secondary N) is 1. The van der Waals surface area contributed by atoms with Crippen molar-refractivity contribution in [1.82, 2.24) is 15.1 Å². The summed E-state index contributed by atoms with van der Waals surface area (Å²) in [6.07, 6.45) is 5.67. The molecule has 276 valence electrons. The van der Waals surface area contributed by atoms with Gasteiger partial charge in [-0.25, -0.2) is 4.79 Å². The second-order valence-electron chi connectivity index (χ2n) is 13.8. The van der Waals surface area contributed by atoms with Gasteiger partial charge in [0.05, 0.1) is 20.1 Å². The first-order valence-corrected chi connectivity index (χ1v) is 18.6. The molecule has 1 saturated heterocycles. The van der Waals surface area contributed by atoms with E-state index in [9.17, 15) is 24.3 Å². The monoisotopic (exact) mass is 785 g/mol. The number of unbranched alkanes of at least 4 members (excludes halogenated alkanes) is 3. The zero-order valence-corrected chi connectivity index (χ0v) is 32.5. The van der Waals surface area contributed by atoms with Crippen LogP contribution in [0.25, 0.3) is 12.2 Å². The van der Waals surface area contributed by atoms with Crippen molar-refractivity contribution in [3.8, 4) is 0 Å². The molecule has 12 heteroatoms. The van der Waals surface area contributed by atoms with Crippen molar-refractivity contribution in [2.45, 2.75) is 70.9 Å². The Kier molecular flexibility index (Phi) is 14.8. The van der Waals surface area contributed by atoms with E-state index in [0.29, 0.717) is 61.8 Å². The molecular formula is C40H43Cl4N3O5. The number of hydrogen-bond acceptors (Lipinski definition) is 4. The Bertz CT molecular complexity index is 1760. The third-order valence-corrected chi connectivity index (χ3v) is 10.2. The minimum absolute atomic E-state index is 0.0136. The van der Waals surface area contributed by atoms with Crippen molar-refractivity contribution in [3.63, 3.8) is 0 Å². The average molecular weight is 788 g/mol. The van der Waals surface area contributed by atoms with Crippen LogP contribution in [0, 0.1) is 0 Å². The number of rotatable bonds is 13. The lowest BCUT2D eigenvalue weighted by atomic mass is 9.93. The van der Waals surface area contributed by atoms with Crippen molar-refractivity contribution in [3.05, 3.63) is 115 Å². The molecule has 1 unspecified atom stereocenters. The molecule has 8 nitrogen and oxygen atoms in total. The van der Waals surface area contributed by atoms with Gasteiger partial charge in [0.25, 0.3) is 0 Å². The molecule has 3 aromatic carbocycles. The highest BCUT2D eigenvalue weighted by Crippen LogP contribution is 2.29. The normalized spacial score (nSPS) is 15.5. The summed E-state index contributed by atoms with van der Waals surface area (Å²) in [5.41, 5.74) is 2.39. The number of piperidine rings is 1. The summed E-state index contributed by atoms with van der Waals surface area (Å²) in [6, 6.07) is 18.6. The average Bonchev–Trinajstić information content (AvgIpc) is 3.08. The molecule has 3 aromatic rings. The topological polar surface area (TPSA) is 107 Å². The second-order valence-corrected chi connectivity index (χ2v) is 15.4. The van der Waals surface area contributed by atoms with E-state index in [2.05, 4.69) is 5.32 Å². The van der Waals surface area contributed by atoms with Gasteiger partial charge in [-0.1, -0.05) is 102 Å². The van der Waals surface area contributed by atoms with Gasteiger partial charge >= 0.3 is 6.09 Å². The third kappa shape index (κ3) is 11.9. The summed E-state index contributed by atoms with van der Waals surface area (Å²) in [7, 11) is 0. The number of halogens is 4. The van der Waals surface area contributed by atoms with Crippen LogP contribution in [0.5, 0.6) is 0 Å². The molecule has 1 fully saturated rings. The van der Waals surface area contributed by atoms with E-state index in [-0.39, 0.29) is 43.5 Å². The molecule has 0 radical (unpaired) electrons.